The van der Waals surface area contributed by atoms with Crippen molar-refractivity contribution in [3.63, 3.8) is 0 Å². The van der Waals surface area contributed by atoms with Gasteiger partial charge in [-0.2, -0.15) is 0 Å². The Bertz CT molecular complexity index is 737. The van der Waals surface area contributed by atoms with Crippen LogP contribution in [0.1, 0.15) is 5.56 Å². The molecule has 0 amide bonds. The van der Waals surface area contributed by atoms with Gasteiger partial charge >= 0.3 is 0 Å². The van der Waals surface area contributed by atoms with Crippen molar-refractivity contribution in [2.45, 2.75) is 0 Å². The number of ether oxygens (including phenoxy) is 1. The maximum Gasteiger partial charge on any atom is 0.142 e. The molecule has 6 N–H and O–H groups in total. The smallest absolute Gasteiger partial charge is 0.142 e. The lowest BCUT2D eigenvalue weighted by atomic mass is 10.0. The summed E-state index contributed by atoms with van der Waals surface area (Å²) in [5.74, 6) is 1.01. The van der Waals surface area contributed by atoms with Crippen LogP contribution in [0.4, 0.5) is 11.5 Å². The topological polar surface area (TPSA) is 113 Å². The van der Waals surface area contributed by atoms with E-state index in [1.165, 1.54) is 6.20 Å². The fourth-order valence-corrected chi connectivity index (χ4v) is 2.10. The van der Waals surface area contributed by atoms with Gasteiger partial charge in [-0.25, -0.2) is 4.98 Å². The van der Waals surface area contributed by atoms with Crippen molar-refractivity contribution in [1.82, 2.24) is 4.98 Å². The number of allylic oxidation sites excluding steroid dienone is 1. The van der Waals surface area contributed by atoms with Gasteiger partial charge in [-0.1, -0.05) is 6.07 Å². The quantitative estimate of drug-likeness (QED) is 0.589. The lowest BCUT2D eigenvalue weighted by Crippen LogP contribution is -1.99. The summed E-state index contributed by atoms with van der Waals surface area (Å²) >= 11 is 0. The first-order valence-electron chi connectivity index (χ1n) is 6.64. The van der Waals surface area contributed by atoms with Gasteiger partial charge in [0.2, 0.25) is 0 Å². The van der Waals surface area contributed by atoms with Crippen molar-refractivity contribution in [3.05, 3.63) is 42.2 Å². The number of benzene rings is 1. The minimum absolute atomic E-state index is 0.417. The Morgan fingerprint density at radius 1 is 1.27 bits per heavy atom. The molecule has 1 heterocycles. The van der Waals surface area contributed by atoms with E-state index in [-0.39, 0.29) is 0 Å². The zero-order chi connectivity index (χ0) is 16.1. The molecule has 114 valence electrons. The molecule has 1 aromatic carbocycles. The molecule has 0 aliphatic carbocycles. The molecule has 6 nitrogen and oxygen atoms in total. The maximum absolute atomic E-state index is 6.00. The van der Waals surface area contributed by atoms with E-state index < -0.39 is 0 Å². The van der Waals surface area contributed by atoms with Crippen LogP contribution in [0, 0.1) is 0 Å². The predicted octanol–water partition coefficient (Wildman–Crippen LogP) is 1.92. The number of rotatable bonds is 4. The summed E-state index contributed by atoms with van der Waals surface area (Å²) in [5.41, 5.74) is 21.3. The van der Waals surface area contributed by atoms with Crippen LogP contribution < -0.4 is 21.9 Å². The van der Waals surface area contributed by atoms with Crippen molar-refractivity contribution in [2.24, 2.45) is 10.7 Å². The third-order valence-corrected chi connectivity index (χ3v) is 3.24. The lowest BCUT2D eigenvalue weighted by molar-refractivity contribution is 0.417. The van der Waals surface area contributed by atoms with Crippen molar-refractivity contribution < 1.29 is 4.74 Å². The van der Waals surface area contributed by atoms with E-state index >= 15 is 0 Å². The Hall–Kier alpha value is -3.02. The number of aromatic nitrogens is 1. The summed E-state index contributed by atoms with van der Waals surface area (Å²) in [4.78, 5) is 8.21. The standard InChI is InChI=1S/C16H19N5O/c1-20-8-12(7-17)11-5-13(16(19)21-9-11)10-3-4-14(18)15(6-10)22-2/h3-9H,17-18H2,1-2H3,(H2,19,21)/b12-7+,20-8?. The minimum Gasteiger partial charge on any atom is -0.495 e. The highest BCUT2D eigenvalue weighted by molar-refractivity contribution is 6.10. The van der Waals surface area contributed by atoms with E-state index in [4.69, 9.17) is 21.9 Å². The first kappa shape index (κ1) is 15.4. The van der Waals surface area contributed by atoms with Crippen LogP contribution in [-0.4, -0.2) is 25.4 Å². The Morgan fingerprint density at radius 2 is 2.05 bits per heavy atom. The molecule has 2 aromatic rings. The average molecular weight is 297 g/mol. The Labute approximate surface area is 129 Å². The normalized spacial score (nSPS) is 11.8. The molecular formula is C16H19N5O. The van der Waals surface area contributed by atoms with Gasteiger partial charge in [0.25, 0.3) is 0 Å². The van der Waals surface area contributed by atoms with Crippen LogP contribution in [0.15, 0.2) is 41.7 Å². The Morgan fingerprint density at radius 3 is 2.68 bits per heavy atom. The largest absolute Gasteiger partial charge is 0.495 e. The Balaban J connectivity index is 2.56. The van der Waals surface area contributed by atoms with Gasteiger partial charge in [-0.05, 0) is 23.8 Å². The average Bonchev–Trinajstić information content (AvgIpc) is 2.54. The molecular weight excluding hydrogens is 278 g/mol. The van der Waals surface area contributed by atoms with Gasteiger partial charge in [-0.15, -0.1) is 0 Å². The fourth-order valence-electron chi connectivity index (χ4n) is 2.10. The molecule has 0 spiro atoms. The number of methoxy groups -OCH3 is 1. The lowest BCUT2D eigenvalue weighted by Gasteiger charge is -2.11. The van der Waals surface area contributed by atoms with Crippen LogP contribution in [0.3, 0.4) is 0 Å². The first-order chi connectivity index (χ1) is 10.6. The van der Waals surface area contributed by atoms with Crippen molar-refractivity contribution in [2.75, 3.05) is 25.6 Å². The Kier molecular flexibility index (Phi) is 4.63. The monoisotopic (exact) mass is 297 g/mol. The number of anilines is 2. The third kappa shape index (κ3) is 3.01. The van der Waals surface area contributed by atoms with Gasteiger partial charge in [0.1, 0.15) is 11.6 Å². The van der Waals surface area contributed by atoms with Crippen molar-refractivity contribution >= 4 is 23.3 Å². The van der Waals surface area contributed by atoms with Crippen LogP contribution in [0.25, 0.3) is 16.7 Å². The van der Waals surface area contributed by atoms with Crippen molar-refractivity contribution in [3.8, 4) is 16.9 Å². The van der Waals surface area contributed by atoms with Crippen LogP contribution in [-0.2, 0) is 0 Å². The second-order valence-corrected chi connectivity index (χ2v) is 4.62. The molecule has 0 atom stereocenters. The van der Waals surface area contributed by atoms with Gasteiger partial charge in [0, 0.05) is 42.4 Å². The molecule has 0 bridgehead atoms. The molecule has 6 heteroatoms. The predicted molar refractivity (Wildman–Crippen MR) is 91.6 cm³/mol. The molecule has 1 aromatic heterocycles. The number of hydrogen-bond donors (Lipinski definition) is 3. The molecule has 0 unspecified atom stereocenters. The summed E-state index contributed by atoms with van der Waals surface area (Å²) in [6, 6.07) is 7.38. The number of nitrogen functional groups attached to an aromatic ring is 2. The van der Waals surface area contributed by atoms with E-state index in [1.807, 2.05) is 18.2 Å². The number of aliphatic imine (C=N–C) groups is 1. The highest BCUT2D eigenvalue weighted by Crippen LogP contribution is 2.32. The zero-order valence-corrected chi connectivity index (χ0v) is 12.6. The van der Waals surface area contributed by atoms with E-state index in [9.17, 15) is 0 Å². The summed E-state index contributed by atoms with van der Waals surface area (Å²) in [6.45, 7) is 0. The van der Waals surface area contributed by atoms with E-state index in [2.05, 4.69) is 9.98 Å². The van der Waals surface area contributed by atoms with E-state index in [1.54, 1.807) is 32.6 Å². The summed E-state index contributed by atoms with van der Waals surface area (Å²) in [5, 5.41) is 0. The number of pyridine rings is 1. The van der Waals surface area contributed by atoms with Gasteiger partial charge in [0.05, 0.1) is 12.8 Å². The molecule has 0 saturated heterocycles. The molecule has 0 aliphatic heterocycles. The molecule has 0 radical (unpaired) electrons. The highest BCUT2D eigenvalue weighted by atomic mass is 16.5. The fraction of sp³-hybridized carbons (Fsp3) is 0.125. The van der Waals surface area contributed by atoms with Gasteiger partial charge < -0.3 is 21.9 Å². The van der Waals surface area contributed by atoms with E-state index in [0.717, 1.165) is 22.3 Å². The summed E-state index contributed by atoms with van der Waals surface area (Å²) < 4.78 is 5.25. The number of nitrogens with two attached hydrogens (primary N) is 3. The molecule has 2 rings (SSSR count). The van der Waals surface area contributed by atoms with Crippen LogP contribution in [0.5, 0.6) is 5.75 Å². The maximum atomic E-state index is 6.00. The van der Waals surface area contributed by atoms with Gasteiger partial charge in [0.15, 0.2) is 0 Å². The van der Waals surface area contributed by atoms with Crippen molar-refractivity contribution in [1.29, 1.82) is 0 Å². The highest BCUT2D eigenvalue weighted by Gasteiger charge is 2.10. The van der Waals surface area contributed by atoms with Gasteiger partial charge in [-0.3, -0.25) is 4.99 Å². The SMILES string of the molecule is CN=C/C(=C\N)c1cnc(N)c(-c2ccc(N)c(OC)c2)c1. The third-order valence-electron chi connectivity index (χ3n) is 3.24. The second kappa shape index (κ2) is 6.62. The number of nitrogens with zero attached hydrogens (tertiary/aromatic N) is 2. The summed E-state index contributed by atoms with van der Waals surface area (Å²) in [6.07, 6.45) is 4.81. The van der Waals surface area contributed by atoms with Crippen LogP contribution >= 0.6 is 0 Å². The zero-order valence-electron chi connectivity index (χ0n) is 12.6. The molecule has 22 heavy (non-hydrogen) atoms. The molecule has 0 fully saturated rings. The summed E-state index contributed by atoms with van der Waals surface area (Å²) in [7, 11) is 3.25. The minimum atomic E-state index is 0.417. The first-order valence-corrected chi connectivity index (χ1v) is 6.64. The number of hydrogen-bond acceptors (Lipinski definition) is 6. The molecule has 0 saturated carbocycles. The van der Waals surface area contributed by atoms with Crippen LogP contribution in [0.2, 0.25) is 0 Å². The van der Waals surface area contributed by atoms with E-state index in [0.29, 0.717) is 17.3 Å². The molecule has 0 aliphatic rings. The second-order valence-electron chi connectivity index (χ2n) is 4.62.